The van der Waals surface area contributed by atoms with Crippen LogP contribution in [0.1, 0.15) is 35.1 Å². The van der Waals surface area contributed by atoms with Crippen molar-refractivity contribution in [2.24, 2.45) is 5.41 Å². The summed E-state index contributed by atoms with van der Waals surface area (Å²) in [6.45, 7) is 0.690. The first-order valence-corrected chi connectivity index (χ1v) is 11.3. The average molecular weight is 466 g/mol. The minimum atomic E-state index is -1.49. The normalized spacial score (nSPS) is 28.0. The van der Waals surface area contributed by atoms with E-state index >= 15 is 0 Å². The first kappa shape index (κ1) is 22.2. The summed E-state index contributed by atoms with van der Waals surface area (Å²) in [6.07, 6.45) is 0.769. The van der Waals surface area contributed by atoms with Crippen molar-refractivity contribution in [2.45, 2.75) is 30.8 Å². The Kier molecular flexibility index (Phi) is 5.22. The maximum absolute atomic E-state index is 14.2. The molecule has 3 heterocycles. The van der Waals surface area contributed by atoms with Gasteiger partial charge in [0.2, 0.25) is 17.9 Å². The molecule has 9 heteroatoms. The third-order valence-corrected chi connectivity index (χ3v) is 7.73. The summed E-state index contributed by atoms with van der Waals surface area (Å²) >= 11 is 0. The van der Waals surface area contributed by atoms with Crippen LogP contribution < -0.4 is 9.47 Å². The predicted molar refractivity (Wildman–Crippen MR) is 122 cm³/mol. The summed E-state index contributed by atoms with van der Waals surface area (Å²) in [7, 11) is 4.71. The molecule has 1 spiro atoms. The number of amides is 2. The highest BCUT2D eigenvalue weighted by molar-refractivity contribution is 6.08. The van der Waals surface area contributed by atoms with E-state index in [9.17, 15) is 19.7 Å². The molecule has 2 aromatic rings. The van der Waals surface area contributed by atoms with E-state index in [1.165, 1.54) is 12.0 Å². The van der Waals surface area contributed by atoms with E-state index in [0.29, 0.717) is 42.1 Å². The fourth-order valence-corrected chi connectivity index (χ4v) is 6.19. The number of fused-ring (bicyclic) bond motifs is 3. The Morgan fingerprint density at radius 2 is 1.71 bits per heavy atom. The number of methoxy groups -OCH3 is 2. The lowest BCUT2D eigenvalue weighted by Crippen LogP contribution is -2.65. The number of nitrogens with zero attached hydrogens (tertiary/aromatic N) is 3. The molecular weight excluding hydrogens is 438 g/mol. The second-order valence-corrected chi connectivity index (χ2v) is 9.21. The number of piperidine rings is 1. The molecular formula is C25H27N3O6. The van der Waals surface area contributed by atoms with Crippen LogP contribution in [0.3, 0.4) is 0 Å². The number of benzene rings is 2. The second-order valence-electron chi connectivity index (χ2n) is 9.21. The van der Waals surface area contributed by atoms with E-state index in [-0.39, 0.29) is 23.2 Å². The third-order valence-electron chi connectivity index (χ3n) is 7.73. The quantitative estimate of drug-likeness (QED) is 0.390. The van der Waals surface area contributed by atoms with Crippen LogP contribution in [0.5, 0.6) is 11.5 Å². The van der Waals surface area contributed by atoms with Crippen molar-refractivity contribution < 1.29 is 24.0 Å². The maximum atomic E-state index is 14.2. The van der Waals surface area contributed by atoms with Crippen LogP contribution in [0, 0.1) is 15.5 Å². The van der Waals surface area contributed by atoms with Crippen LogP contribution in [0.4, 0.5) is 0 Å². The summed E-state index contributed by atoms with van der Waals surface area (Å²) in [4.78, 5) is 43.3. The molecule has 34 heavy (non-hydrogen) atoms. The second kappa shape index (κ2) is 8.00. The van der Waals surface area contributed by atoms with Crippen molar-refractivity contribution >= 4 is 11.8 Å². The topological polar surface area (TPSA) is 102 Å². The SMILES string of the molecule is COc1cc2c(cc1OC)[C@H]1[C@H]([N+](=O)[O-])[C@@H](c3ccccc3)[C@]3(CCN(C)C3=O)C(=O)N1CC2. The molecule has 0 N–H and O–H groups in total. The van der Waals surface area contributed by atoms with Crippen LogP contribution >= 0.6 is 0 Å². The number of hydrogen-bond donors (Lipinski definition) is 0. The van der Waals surface area contributed by atoms with Gasteiger partial charge in [0.05, 0.1) is 20.1 Å². The molecule has 9 nitrogen and oxygen atoms in total. The highest BCUT2D eigenvalue weighted by Crippen LogP contribution is 2.57. The fraction of sp³-hybridized carbons (Fsp3) is 0.440. The lowest BCUT2D eigenvalue weighted by molar-refractivity contribution is -0.540. The van der Waals surface area contributed by atoms with Gasteiger partial charge in [-0.15, -0.1) is 0 Å². The van der Waals surface area contributed by atoms with E-state index < -0.39 is 23.4 Å². The average Bonchev–Trinajstić information content (AvgIpc) is 3.14. The molecule has 5 rings (SSSR count). The highest BCUT2D eigenvalue weighted by Gasteiger charge is 2.69. The van der Waals surface area contributed by atoms with Gasteiger partial charge in [-0.25, -0.2) is 0 Å². The zero-order valence-corrected chi connectivity index (χ0v) is 19.4. The summed E-state index contributed by atoms with van der Waals surface area (Å²) in [6, 6.07) is 10.6. The Hall–Kier alpha value is -3.62. The fourth-order valence-electron chi connectivity index (χ4n) is 6.19. The van der Waals surface area contributed by atoms with Gasteiger partial charge in [0.1, 0.15) is 11.5 Å². The van der Waals surface area contributed by atoms with Crippen LogP contribution in [-0.2, 0) is 16.0 Å². The van der Waals surface area contributed by atoms with E-state index in [1.54, 1.807) is 49.4 Å². The summed E-state index contributed by atoms with van der Waals surface area (Å²) in [5, 5.41) is 12.8. The molecule has 2 aromatic carbocycles. The predicted octanol–water partition coefficient (Wildman–Crippen LogP) is 2.42. The monoisotopic (exact) mass is 465 g/mol. The lowest BCUT2D eigenvalue weighted by Gasteiger charge is -2.51. The molecule has 2 amide bonds. The van der Waals surface area contributed by atoms with E-state index in [1.807, 2.05) is 12.1 Å². The number of nitro groups is 1. The van der Waals surface area contributed by atoms with Crippen LogP contribution in [0.2, 0.25) is 0 Å². The van der Waals surface area contributed by atoms with Crippen molar-refractivity contribution in [3.8, 4) is 11.5 Å². The van der Waals surface area contributed by atoms with E-state index in [2.05, 4.69) is 0 Å². The van der Waals surface area contributed by atoms with Crippen molar-refractivity contribution in [2.75, 3.05) is 34.4 Å². The van der Waals surface area contributed by atoms with E-state index in [4.69, 9.17) is 9.47 Å². The number of carbonyl (C=O) groups is 2. The van der Waals surface area contributed by atoms with Gasteiger partial charge in [0.25, 0.3) is 0 Å². The molecule has 0 unspecified atom stereocenters. The Labute approximate surface area is 197 Å². The summed E-state index contributed by atoms with van der Waals surface area (Å²) in [5.41, 5.74) is 0.705. The number of rotatable bonds is 4. The Morgan fingerprint density at radius 3 is 2.29 bits per heavy atom. The molecule has 0 bridgehead atoms. The van der Waals surface area contributed by atoms with Crippen molar-refractivity contribution in [3.63, 3.8) is 0 Å². The van der Waals surface area contributed by atoms with Crippen molar-refractivity contribution in [3.05, 3.63) is 69.3 Å². The molecule has 0 saturated carbocycles. The number of ether oxygens (including phenoxy) is 2. The highest BCUT2D eigenvalue weighted by atomic mass is 16.6. The summed E-state index contributed by atoms with van der Waals surface area (Å²) < 4.78 is 10.9. The van der Waals surface area contributed by atoms with Crippen molar-refractivity contribution in [1.29, 1.82) is 0 Å². The molecule has 2 saturated heterocycles. The zero-order chi connectivity index (χ0) is 24.2. The largest absolute Gasteiger partial charge is 0.493 e. The Bertz CT molecular complexity index is 1170. The van der Waals surface area contributed by atoms with E-state index in [0.717, 1.165) is 5.56 Å². The van der Waals surface area contributed by atoms with Gasteiger partial charge >= 0.3 is 0 Å². The lowest BCUT2D eigenvalue weighted by atomic mass is 9.60. The first-order valence-electron chi connectivity index (χ1n) is 11.3. The molecule has 3 aliphatic rings. The minimum Gasteiger partial charge on any atom is -0.493 e. The van der Waals surface area contributed by atoms with Gasteiger partial charge in [-0.3, -0.25) is 19.7 Å². The minimum absolute atomic E-state index is 0.257. The van der Waals surface area contributed by atoms with Crippen LogP contribution in [0.15, 0.2) is 42.5 Å². The first-order chi connectivity index (χ1) is 16.3. The third kappa shape index (κ3) is 2.92. The summed E-state index contributed by atoms with van der Waals surface area (Å²) in [5.74, 6) is -0.563. The molecule has 178 valence electrons. The van der Waals surface area contributed by atoms with Gasteiger partial charge < -0.3 is 19.3 Å². The molecule has 0 aromatic heterocycles. The maximum Gasteiger partial charge on any atom is 0.245 e. The molecule has 3 aliphatic heterocycles. The number of likely N-dealkylation sites (tertiary alicyclic amines) is 1. The van der Waals surface area contributed by atoms with Crippen LogP contribution in [0.25, 0.3) is 0 Å². The molecule has 0 radical (unpaired) electrons. The smallest absolute Gasteiger partial charge is 0.245 e. The Balaban J connectivity index is 1.76. The number of hydrogen-bond acceptors (Lipinski definition) is 6. The molecule has 4 atom stereocenters. The van der Waals surface area contributed by atoms with Crippen LogP contribution in [-0.4, -0.2) is 66.9 Å². The van der Waals surface area contributed by atoms with Crippen molar-refractivity contribution in [1.82, 2.24) is 9.80 Å². The standard InChI is InChI=1S/C25H27N3O6/c1-26-12-10-25(23(26)29)20(15-7-5-4-6-8-15)22(28(31)32)21-17-14-19(34-3)18(33-2)13-16(17)9-11-27(21)24(25)30/h4-8,13-14,20-22H,9-12H2,1-3H3/t20-,21+,22-,25+/m1/s1. The molecule has 0 aliphatic carbocycles. The number of carbonyl (C=O) groups excluding carboxylic acids is 2. The molecule has 2 fully saturated rings. The van der Waals surface area contributed by atoms with Gasteiger partial charge in [0.15, 0.2) is 11.5 Å². The Morgan fingerprint density at radius 1 is 1.03 bits per heavy atom. The zero-order valence-electron chi connectivity index (χ0n) is 19.4. The van der Waals surface area contributed by atoms with Gasteiger partial charge in [0, 0.05) is 25.1 Å². The van der Waals surface area contributed by atoms with Gasteiger partial charge in [-0.05, 0) is 41.7 Å². The van der Waals surface area contributed by atoms with Gasteiger partial charge in [-0.2, -0.15) is 0 Å². The van der Waals surface area contributed by atoms with Gasteiger partial charge in [-0.1, -0.05) is 30.3 Å².